The average molecular weight is 487 g/mol. The van der Waals surface area contributed by atoms with E-state index in [4.69, 9.17) is 4.74 Å². The van der Waals surface area contributed by atoms with Crippen LogP contribution in [0.2, 0.25) is 0 Å². The zero-order valence-electron chi connectivity index (χ0n) is 20.9. The van der Waals surface area contributed by atoms with Crippen molar-refractivity contribution < 1.29 is 22.7 Å². The Morgan fingerprint density at radius 3 is 1.91 bits per heavy atom. The topological polar surface area (TPSA) is 26.3 Å². The molecule has 0 heterocycles. The fourth-order valence-corrected chi connectivity index (χ4v) is 6.06. The van der Waals surface area contributed by atoms with Crippen molar-refractivity contribution in [3.63, 3.8) is 0 Å². The number of carbonyl (C=O) groups excluding carboxylic acids is 1. The predicted molar refractivity (Wildman–Crippen MR) is 132 cm³/mol. The number of hydrogen-bond donors (Lipinski definition) is 0. The summed E-state index contributed by atoms with van der Waals surface area (Å²) >= 11 is 0. The quantitative estimate of drug-likeness (QED) is 0.289. The standard InChI is InChI=1S/C30H37F3O2/c1-3-5-20-6-9-21(10-7-20)24-15-16-25(29(33)28(24)32)22-11-13-23(14-12-22)30(34)35-27-17-8-19(4-2)18-26(27)31/h8,15-18,20-23H,3-7,9-14H2,1-2H3. The molecule has 2 aliphatic carbocycles. The van der Waals surface area contributed by atoms with E-state index in [-0.39, 0.29) is 23.5 Å². The third-order valence-electron chi connectivity index (χ3n) is 8.24. The van der Waals surface area contributed by atoms with E-state index < -0.39 is 23.4 Å². The molecule has 2 nitrogen and oxygen atoms in total. The lowest BCUT2D eigenvalue weighted by Gasteiger charge is -2.30. The van der Waals surface area contributed by atoms with Crippen LogP contribution in [0.15, 0.2) is 30.3 Å². The Morgan fingerprint density at radius 2 is 1.40 bits per heavy atom. The first-order valence-corrected chi connectivity index (χ1v) is 13.4. The smallest absolute Gasteiger partial charge is 0.314 e. The van der Waals surface area contributed by atoms with Gasteiger partial charge in [-0.2, -0.15) is 0 Å². The molecule has 0 unspecified atom stereocenters. The molecule has 0 saturated heterocycles. The normalized spacial score (nSPS) is 24.8. The van der Waals surface area contributed by atoms with E-state index in [0.29, 0.717) is 43.2 Å². The maximum Gasteiger partial charge on any atom is 0.314 e. The van der Waals surface area contributed by atoms with Gasteiger partial charge in [0.05, 0.1) is 5.92 Å². The fourth-order valence-electron chi connectivity index (χ4n) is 6.06. The third-order valence-corrected chi connectivity index (χ3v) is 8.24. The highest BCUT2D eigenvalue weighted by Crippen LogP contribution is 2.42. The van der Waals surface area contributed by atoms with E-state index >= 15 is 8.78 Å². The number of benzene rings is 2. The predicted octanol–water partition coefficient (Wildman–Crippen LogP) is 8.62. The van der Waals surface area contributed by atoms with Crippen LogP contribution in [0.1, 0.15) is 107 Å². The Bertz CT molecular complexity index is 1020. The lowest BCUT2D eigenvalue weighted by Crippen LogP contribution is -2.26. The van der Waals surface area contributed by atoms with Crippen LogP contribution < -0.4 is 4.74 Å². The van der Waals surface area contributed by atoms with Gasteiger partial charge in [0.15, 0.2) is 23.2 Å². The van der Waals surface area contributed by atoms with Gasteiger partial charge in [0.25, 0.3) is 0 Å². The van der Waals surface area contributed by atoms with Gasteiger partial charge in [-0.15, -0.1) is 0 Å². The minimum absolute atomic E-state index is 0.0539. The molecule has 35 heavy (non-hydrogen) atoms. The van der Waals surface area contributed by atoms with Crippen molar-refractivity contribution in [1.82, 2.24) is 0 Å². The molecule has 190 valence electrons. The molecule has 0 radical (unpaired) electrons. The van der Waals surface area contributed by atoms with E-state index in [1.54, 1.807) is 18.2 Å². The number of halogens is 3. The van der Waals surface area contributed by atoms with Gasteiger partial charge < -0.3 is 4.74 Å². The summed E-state index contributed by atoms with van der Waals surface area (Å²) in [5.74, 6) is -2.11. The molecule has 0 spiro atoms. The maximum absolute atomic E-state index is 15.1. The molecule has 0 aromatic heterocycles. The summed E-state index contributed by atoms with van der Waals surface area (Å²) < 4.78 is 49.8. The van der Waals surface area contributed by atoms with E-state index in [2.05, 4.69) is 6.92 Å². The van der Waals surface area contributed by atoms with E-state index in [1.807, 2.05) is 6.92 Å². The van der Waals surface area contributed by atoms with Crippen LogP contribution in [0.3, 0.4) is 0 Å². The second kappa shape index (κ2) is 11.6. The molecule has 0 atom stereocenters. The fraction of sp³-hybridized carbons (Fsp3) is 0.567. The van der Waals surface area contributed by atoms with Gasteiger partial charge in [0.2, 0.25) is 0 Å². The first-order valence-electron chi connectivity index (χ1n) is 13.4. The largest absolute Gasteiger partial charge is 0.423 e. The number of rotatable bonds is 7. The highest BCUT2D eigenvalue weighted by Gasteiger charge is 2.32. The van der Waals surface area contributed by atoms with Gasteiger partial charge in [0, 0.05) is 0 Å². The van der Waals surface area contributed by atoms with Crippen LogP contribution in [0.4, 0.5) is 13.2 Å². The molecule has 4 rings (SSSR count). The molecule has 0 N–H and O–H groups in total. The van der Waals surface area contributed by atoms with Gasteiger partial charge in [-0.1, -0.05) is 44.9 Å². The summed E-state index contributed by atoms with van der Waals surface area (Å²) in [6.45, 7) is 4.13. The second-order valence-corrected chi connectivity index (χ2v) is 10.5. The van der Waals surface area contributed by atoms with Crippen molar-refractivity contribution in [2.24, 2.45) is 11.8 Å². The van der Waals surface area contributed by atoms with E-state index in [9.17, 15) is 9.18 Å². The lowest BCUT2D eigenvalue weighted by atomic mass is 9.75. The molecule has 5 heteroatoms. The van der Waals surface area contributed by atoms with Crippen LogP contribution in [-0.4, -0.2) is 5.97 Å². The minimum atomic E-state index is -0.720. The molecule has 0 bridgehead atoms. The zero-order chi connectivity index (χ0) is 24.9. The summed E-state index contributed by atoms with van der Waals surface area (Å²) in [7, 11) is 0. The molecular formula is C30H37F3O2. The summed E-state index contributed by atoms with van der Waals surface area (Å²) in [6.07, 6.45) is 9.32. The van der Waals surface area contributed by atoms with Crippen molar-refractivity contribution in [3.8, 4) is 5.75 Å². The minimum Gasteiger partial charge on any atom is -0.423 e. The molecule has 2 aromatic carbocycles. The SMILES string of the molecule is CCCC1CCC(c2ccc(C3CCC(C(=O)Oc4ccc(CC)cc4F)CC3)c(F)c2F)CC1. The first kappa shape index (κ1) is 25.8. The number of esters is 1. The van der Waals surface area contributed by atoms with Crippen molar-refractivity contribution in [3.05, 3.63) is 64.5 Å². The van der Waals surface area contributed by atoms with Crippen LogP contribution in [-0.2, 0) is 11.2 Å². The molecule has 2 saturated carbocycles. The first-order chi connectivity index (χ1) is 16.9. The molecule has 0 aliphatic heterocycles. The van der Waals surface area contributed by atoms with Gasteiger partial charge in [-0.3, -0.25) is 4.79 Å². The zero-order valence-corrected chi connectivity index (χ0v) is 20.9. The number of carbonyl (C=O) groups is 1. The van der Waals surface area contributed by atoms with Crippen molar-refractivity contribution in [2.75, 3.05) is 0 Å². The molecular weight excluding hydrogens is 449 g/mol. The Balaban J connectivity index is 1.35. The van der Waals surface area contributed by atoms with Crippen LogP contribution in [0, 0.1) is 29.3 Å². The number of ether oxygens (including phenoxy) is 1. The summed E-state index contributed by atoms with van der Waals surface area (Å²) in [5, 5.41) is 0. The number of hydrogen-bond acceptors (Lipinski definition) is 2. The molecule has 2 aromatic rings. The molecule has 2 aliphatic rings. The Morgan fingerprint density at radius 1 is 0.829 bits per heavy atom. The van der Waals surface area contributed by atoms with E-state index in [0.717, 1.165) is 37.2 Å². The highest BCUT2D eigenvalue weighted by molar-refractivity contribution is 5.75. The van der Waals surface area contributed by atoms with Crippen LogP contribution in [0.5, 0.6) is 5.75 Å². The summed E-state index contributed by atoms with van der Waals surface area (Å²) in [6, 6.07) is 8.19. The van der Waals surface area contributed by atoms with Gasteiger partial charge in [-0.05, 0) is 104 Å². The van der Waals surface area contributed by atoms with Gasteiger partial charge >= 0.3 is 5.97 Å². The Labute approximate surface area is 207 Å². The molecule has 0 amide bonds. The second-order valence-electron chi connectivity index (χ2n) is 10.5. The van der Waals surface area contributed by atoms with Crippen molar-refractivity contribution in [2.45, 2.75) is 96.3 Å². The van der Waals surface area contributed by atoms with Crippen molar-refractivity contribution >= 4 is 5.97 Å². The van der Waals surface area contributed by atoms with Crippen molar-refractivity contribution in [1.29, 1.82) is 0 Å². The summed E-state index contributed by atoms with van der Waals surface area (Å²) in [4.78, 5) is 12.6. The molecule has 2 fully saturated rings. The van der Waals surface area contributed by atoms with Crippen LogP contribution in [0.25, 0.3) is 0 Å². The third kappa shape index (κ3) is 5.92. The van der Waals surface area contributed by atoms with E-state index in [1.165, 1.54) is 25.0 Å². The average Bonchev–Trinajstić information content (AvgIpc) is 2.88. The summed E-state index contributed by atoms with van der Waals surface area (Å²) in [5.41, 5.74) is 1.78. The van der Waals surface area contributed by atoms with Gasteiger partial charge in [-0.25, -0.2) is 13.2 Å². The highest BCUT2D eigenvalue weighted by atomic mass is 19.2. The number of aryl methyl sites for hydroxylation is 1. The van der Waals surface area contributed by atoms with Crippen LogP contribution >= 0.6 is 0 Å². The lowest BCUT2D eigenvalue weighted by molar-refractivity contribution is -0.140. The van der Waals surface area contributed by atoms with Gasteiger partial charge in [0.1, 0.15) is 0 Å². The Hall–Kier alpha value is -2.30. The maximum atomic E-state index is 15.1. The Kier molecular flexibility index (Phi) is 8.56. The monoisotopic (exact) mass is 486 g/mol.